The average Bonchev–Trinajstić information content (AvgIpc) is 2.20. The predicted octanol–water partition coefficient (Wildman–Crippen LogP) is -2.17. The van der Waals surface area contributed by atoms with Crippen LogP contribution >= 0.6 is 0 Å². The lowest BCUT2D eigenvalue weighted by molar-refractivity contribution is -0.128. The van der Waals surface area contributed by atoms with Crippen LogP contribution in [0.15, 0.2) is 0 Å². The number of hydrogen-bond acceptors (Lipinski definition) is 4. The van der Waals surface area contributed by atoms with Crippen LogP contribution < -0.4 is 22.1 Å². The van der Waals surface area contributed by atoms with Gasteiger partial charge in [-0.1, -0.05) is 0 Å². The fraction of sp³-hybridized carbons (Fsp3) is 0.667. The minimum Gasteiger partial charge on any atom is -0.368 e. The van der Waals surface area contributed by atoms with Gasteiger partial charge in [-0.15, -0.1) is 0 Å². The van der Waals surface area contributed by atoms with E-state index in [1.807, 2.05) is 0 Å². The Bertz CT molecular complexity index is 267. The first-order chi connectivity index (χ1) is 7.47. The number of amides is 3. The third kappa shape index (κ3) is 6.77. The van der Waals surface area contributed by atoms with Crippen LogP contribution in [-0.4, -0.2) is 36.9 Å². The lowest BCUT2D eigenvalue weighted by Crippen LogP contribution is -2.47. The summed E-state index contributed by atoms with van der Waals surface area (Å²) in [7, 11) is 0. The van der Waals surface area contributed by atoms with Crippen molar-refractivity contribution in [1.29, 1.82) is 0 Å². The van der Waals surface area contributed by atoms with Crippen molar-refractivity contribution in [2.45, 2.75) is 25.8 Å². The SMILES string of the molecule is CC(=O)NCC(=O)NC(CCCN)C(N)=O. The topological polar surface area (TPSA) is 127 Å². The van der Waals surface area contributed by atoms with E-state index in [4.69, 9.17) is 11.5 Å². The lowest BCUT2D eigenvalue weighted by atomic mass is 10.1. The maximum Gasteiger partial charge on any atom is 0.240 e. The van der Waals surface area contributed by atoms with Crippen molar-refractivity contribution in [1.82, 2.24) is 10.6 Å². The quantitative estimate of drug-likeness (QED) is 0.397. The second kappa shape index (κ2) is 7.63. The summed E-state index contributed by atoms with van der Waals surface area (Å²) in [5.41, 5.74) is 10.4. The molecule has 0 rings (SSSR count). The van der Waals surface area contributed by atoms with Crippen LogP contribution in [0.2, 0.25) is 0 Å². The largest absolute Gasteiger partial charge is 0.368 e. The fourth-order valence-corrected chi connectivity index (χ4v) is 1.06. The van der Waals surface area contributed by atoms with Crippen molar-refractivity contribution in [3.8, 4) is 0 Å². The molecule has 0 fully saturated rings. The molecule has 0 aliphatic heterocycles. The van der Waals surface area contributed by atoms with Crippen LogP contribution in [0.5, 0.6) is 0 Å². The molecule has 0 saturated heterocycles. The molecular weight excluding hydrogens is 212 g/mol. The highest BCUT2D eigenvalue weighted by molar-refractivity contribution is 5.89. The van der Waals surface area contributed by atoms with E-state index in [0.717, 1.165) is 0 Å². The van der Waals surface area contributed by atoms with Crippen molar-refractivity contribution in [2.24, 2.45) is 11.5 Å². The zero-order valence-electron chi connectivity index (χ0n) is 9.29. The lowest BCUT2D eigenvalue weighted by Gasteiger charge is -2.14. The first-order valence-electron chi connectivity index (χ1n) is 5.00. The minimum atomic E-state index is -0.732. The Morgan fingerprint density at radius 2 is 1.94 bits per heavy atom. The van der Waals surface area contributed by atoms with Crippen LogP contribution in [0.3, 0.4) is 0 Å². The molecule has 0 saturated carbocycles. The Morgan fingerprint density at radius 1 is 1.31 bits per heavy atom. The summed E-state index contributed by atoms with van der Waals surface area (Å²) >= 11 is 0. The molecule has 92 valence electrons. The van der Waals surface area contributed by atoms with Crippen LogP contribution in [0.1, 0.15) is 19.8 Å². The molecule has 0 aromatic heterocycles. The van der Waals surface area contributed by atoms with Crippen molar-refractivity contribution in [2.75, 3.05) is 13.1 Å². The van der Waals surface area contributed by atoms with Crippen LogP contribution in [0, 0.1) is 0 Å². The van der Waals surface area contributed by atoms with Gasteiger partial charge < -0.3 is 22.1 Å². The second-order valence-electron chi connectivity index (χ2n) is 3.36. The third-order valence-corrected chi connectivity index (χ3v) is 1.87. The summed E-state index contributed by atoms with van der Waals surface area (Å²) in [6.45, 7) is 1.56. The Hall–Kier alpha value is -1.63. The molecule has 0 heterocycles. The standard InChI is InChI=1S/C9H18N4O3/c1-6(14)12-5-8(15)13-7(9(11)16)3-2-4-10/h7H,2-5,10H2,1H3,(H2,11,16)(H,12,14)(H,13,15). The number of carbonyl (C=O) groups excluding carboxylic acids is 3. The Morgan fingerprint density at radius 3 is 2.38 bits per heavy atom. The summed E-state index contributed by atoms with van der Waals surface area (Å²) in [4.78, 5) is 32.8. The van der Waals surface area contributed by atoms with Gasteiger partial charge in [0.2, 0.25) is 17.7 Å². The molecule has 7 nitrogen and oxygen atoms in total. The Balaban J connectivity index is 4.02. The van der Waals surface area contributed by atoms with Gasteiger partial charge >= 0.3 is 0 Å². The minimum absolute atomic E-state index is 0.165. The number of carbonyl (C=O) groups is 3. The van der Waals surface area contributed by atoms with Gasteiger partial charge in [-0.25, -0.2) is 0 Å². The highest BCUT2D eigenvalue weighted by atomic mass is 16.2. The molecule has 7 heteroatoms. The van der Waals surface area contributed by atoms with E-state index in [1.54, 1.807) is 0 Å². The Kier molecular flexibility index (Phi) is 6.86. The maximum absolute atomic E-state index is 11.3. The fourth-order valence-electron chi connectivity index (χ4n) is 1.06. The molecule has 0 aromatic carbocycles. The first kappa shape index (κ1) is 14.4. The van der Waals surface area contributed by atoms with Crippen LogP contribution in [0.4, 0.5) is 0 Å². The van der Waals surface area contributed by atoms with Crippen molar-refractivity contribution < 1.29 is 14.4 Å². The molecule has 1 atom stereocenters. The third-order valence-electron chi connectivity index (χ3n) is 1.87. The van der Waals surface area contributed by atoms with E-state index in [0.29, 0.717) is 19.4 Å². The van der Waals surface area contributed by atoms with Gasteiger partial charge in [0.05, 0.1) is 6.54 Å². The molecule has 0 aliphatic carbocycles. The zero-order chi connectivity index (χ0) is 12.6. The van der Waals surface area contributed by atoms with Crippen molar-refractivity contribution in [3.63, 3.8) is 0 Å². The highest BCUT2D eigenvalue weighted by Crippen LogP contribution is 1.95. The van der Waals surface area contributed by atoms with Gasteiger partial charge in [0.25, 0.3) is 0 Å². The summed E-state index contributed by atoms with van der Waals surface area (Å²) in [5, 5.41) is 4.74. The van der Waals surface area contributed by atoms with E-state index in [9.17, 15) is 14.4 Å². The van der Waals surface area contributed by atoms with E-state index in [1.165, 1.54) is 6.92 Å². The maximum atomic E-state index is 11.3. The van der Waals surface area contributed by atoms with E-state index < -0.39 is 17.9 Å². The molecule has 3 amide bonds. The van der Waals surface area contributed by atoms with E-state index in [2.05, 4.69) is 10.6 Å². The normalized spacial score (nSPS) is 11.6. The number of nitrogens with two attached hydrogens (primary N) is 2. The van der Waals surface area contributed by atoms with Crippen LogP contribution in [-0.2, 0) is 14.4 Å². The summed E-state index contributed by atoms with van der Waals surface area (Å²) in [6.07, 6.45) is 0.992. The molecular formula is C9H18N4O3. The monoisotopic (exact) mass is 230 g/mol. The van der Waals surface area contributed by atoms with Gasteiger partial charge in [0.15, 0.2) is 0 Å². The smallest absolute Gasteiger partial charge is 0.240 e. The zero-order valence-corrected chi connectivity index (χ0v) is 9.29. The second-order valence-corrected chi connectivity index (χ2v) is 3.36. The van der Waals surface area contributed by atoms with Crippen molar-refractivity contribution in [3.05, 3.63) is 0 Å². The first-order valence-corrected chi connectivity index (χ1v) is 5.00. The van der Waals surface area contributed by atoms with Gasteiger partial charge in [-0.3, -0.25) is 14.4 Å². The molecule has 6 N–H and O–H groups in total. The predicted molar refractivity (Wildman–Crippen MR) is 58.1 cm³/mol. The van der Waals surface area contributed by atoms with Gasteiger partial charge in [-0.2, -0.15) is 0 Å². The average molecular weight is 230 g/mol. The van der Waals surface area contributed by atoms with E-state index in [-0.39, 0.29) is 12.5 Å². The summed E-state index contributed by atoms with van der Waals surface area (Å²) < 4.78 is 0. The Labute approximate surface area is 93.9 Å². The molecule has 0 radical (unpaired) electrons. The number of primary amides is 1. The van der Waals surface area contributed by atoms with Gasteiger partial charge in [0.1, 0.15) is 6.04 Å². The van der Waals surface area contributed by atoms with Crippen LogP contribution in [0.25, 0.3) is 0 Å². The van der Waals surface area contributed by atoms with E-state index >= 15 is 0 Å². The molecule has 0 bridgehead atoms. The number of rotatable bonds is 7. The molecule has 16 heavy (non-hydrogen) atoms. The van der Waals surface area contributed by atoms with Gasteiger partial charge in [0, 0.05) is 6.92 Å². The van der Waals surface area contributed by atoms with Crippen molar-refractivity contribution >= 4 is 17.7 Å². The summed E-state index contributed by atoms with van der Waals surface area (Å²) in [6, 6.07) is -0.732. The number of nitrogens with one attached hydrogen (secondary N) is 2. The summed E-state index contributed by atoms with van der Waals surface area (Å²) in [5.74, 6) is -1.37. The number of hydrogen-bond donors (Lipinski definition) is 4. The molecule has 0 aliphatic rings. The molecule has 0 spiro atoms. The van der Waals surface area contributed by atoms with Gasteiger partial charge in [-0.05, 0) is 19.4 Å². The molecule has 1 unspecified atom stereocenters. The highest BCUT2D eigenvalue weighted by Gasteiger charge is 2.17. The molecule has 0 aromatic rings.